The van der Waals surface area contributed by atoms with E-state index in [1.54, 1.807) is 0 Å². The number of hydrogen-bond acceptors (Lipinski definition) is 3. The van der Waals surface area contributed by atoms with Gasteiger partial charge in [0, 0.05) is 39.6 Å². The lowest BCUT2D eigenvalue weighted by Crippen LogP contribution is -2.08. The summed E-state index contributed by atoms with van der Waals surface area (Å²) in [4.78, 5) is 4.19. The second kappa shape index (κ2) is 10.1. The van der Waals surface area contributed by atoms with Crippen LogP contribution in [0.1, 0.15) is 11.1 Å². The zero-order valence-corrected chi connectivity index (χ0v) is 20.2. The molecule has 0 spiro atoms. The van der Waals surface area contributed by atoms with E-state index in [2.05, 4.69) is 82.6 Å². The number of nitriles is 1. The van der Waals surface area contributed by atoms with Crippen molar-refractivity contribution in [1.82, 2.24) is 0 Å². The molecule has 0 fully saturated rings. The van der Waals surface area contributed by atoms with Crippen molar-refractivity contribution < 1.29 is 0 Å². The second-order valence-electron chi connectivity index (χ2n) is 8.72. The van der Waals surface area contributed by atoms with Crippen molar-refractivity contribution in [3.05, 3.63) is 108 Å². The standard InChI is InChI=1S/C31H29N3/c1-33(2)29-15-10-24(11-16-29)26-14-19-31(25-12-17-30(18-13-25)34(3)4)27(20-26)21-28(22-32)23-8-6-5-7-9-23/h5-21H,1-4H3/b28-21+. The smallest absolute Gasteiger partial charge is 0.0998 e. The Morgan fingerprint density at radius 2 is 1.18 bits per heavy atom. The fourth-order valence-corrected chi connectivity index (χ4v) is 3.97. The van der Waals surface area contributed by atoms with E-state index in [4.69, 9.17) is 0 Å². The van der Waals surface area contributed by atoms with Gasteiger partial charge in [0.15, 0.2) is 0 Å². The third-order valence-electron chi connectivity index (χ3n) is 5.97. The van der Waals surface area contributed by atoms with Crippen LogP contribution in [0.25, 0.3) is 33.9 Å². The van der Waals surface area contributed by atoms with E-state index in [-0.39, 0.29) is 0 Å². The van der Waals surface area contributed by atoms with E-state index in [0.29, 0.717) is 5.57 Å². The molecule has 0 radical (unpaired) electrons. The predicted octanol–water partition coefficient (Wildman–Crippen LogP) is 7.22. The van der Waals surface area contributed by atoms with Crippen LogP contribution >= 0.6 is 0 Å². The molecule has 0 N–H and O–H groups in total. The summed E-state index contributed by atoms with van der Waals surface area (Å²) in [5.74, 6) is 0. The summed E-state index contributed by atoms with van der Waals surface area (Å²) in [5, 5.41) is 9.94. The first-order chi connectivity index (χ1) is 16.5. The monoisotopic (exact) mass is 443 g/mol. The van der Waals surface area contributed by atoms with E-state index in [9.17, 15) is 5.26 Å². The molecule has 0 bridgehead atoms. The third kappa shape index (κ3) is 5.03. The Bertz CT molecular complexity index is 1320. The van der Waals surface area contributed by atoms with E-state index in [1.807, 2.05) is 64.6 Å². The summed E-state index contributed by atoms with van der Waals surface area (Å²) in [6, 6.07) is 35.8. The third-order valence-corrected chi connectivity index (χ3v) is 5.97. The topological polar surface area (TPSA) is 30.3 Å². The number of nitrogens with zero attached hydrogens (tertiary/aromatic N) is 3. The van der Waals surface area contributed by atoms with Crippen LogP contribution in [0.5, 0.6) is 0 Å². The first kappa shape index (κ1) is 22.9. The molecule has 3 heteroatoms. The largest absolute Gasteiger partial charge is 0.378 e. The van der Waals surface area contributed by atoms with Crippen molar-refractivity contribution in [2.45, 2.75) is 0 Å². The summed E-state index contributed by atoms with van der Waals surface area (Å²) in [5.41, 5.74) is 9.39. The highest BCUT2D eigenvalue weighted by atomic mass is 15.1. The van der Waals surface area contributed by atoms with Crippen molar-refractivity contribution in [2.24, 2.45) is 0 Å². The van der Waals surface area contributed by atoms with Crippen molar-refractivity contribution in [3.63, 3.8) is 0 Å². The van der Waals surface area contributed by atoms with Gasteiger partial charge in [0.05, 0.1) is 11.6 Å². The molecule has 0 aliphatic heterocycles. The zero-order chi connectivity index (χ0) is 24.1. The second-order valence-corrected chi connectivity index (χ2v) is 8.72. The van der Waals surface area contributed by atoms with Crippen LogP contribution in [-0.4, -0.2) is 28.2 Å². The maximum absolute atomic E-state index is 9.94. The van der Waals surface area contributed by atoms with Crippen LogP contribution in [0.2, 0.25) is 0 Å². The summed E-state index contributed by atoms with van der Waals surface area (Å²) in [6.07, 6.45) is 2.00. The van der Waals surface area contributed by atoms with Gasteiger partial charge in [0.25, 0.3) is 0 Å². The molecular formula is C31H29N3. The minimum atomic E-state index is 0.645. The molecule has 0 saturated heterocycles. The Hall–Kier alpha value is -4.29. The normalized spacial score (nSPS) is 11.1. The Morgan fingerprint density at radius 3 is 1.71 bits per heavy atom. The van der Waals surface area contributed by atoms with Gasteiger partial charge in [0.1, 0.15) is 0 Å². The molecule has 0 saturated carbocycles. The van der Waals surface area contributed by atoms with Crippen LogP contribution in [0.3, 0.4) is 0 Å². The Labute approximate surface area is 202 Å². The molecule has 0 aromatic heterocycles. The van der Waals surface area contributed by atoms with Crippen molar-refractivity contribution in [1.29, 1.82) is 5.26 Å². The summed E-state index contributed by atoms with van der Waals surface area (Å²) >= 11 is 0. The Kier molecular flexibility index (Phi) is 6.80. The fraction of sp³-hybridized carbons (Fsp3) is 0.129. The molecule has 0 heterocycles. The van der Waals surface area contributed by atoms with Crippen LogP contribution < -0.4 is 9.80 Å². The SMILES string of the molecule is CN(C)c1ccc(-c2ccc(-c3ccc(N(C)C)cc3)c(/C=C(\C#N)c3ccccc3)c2)cc1. The van der Waals surface area contributed by atoms with Crippen LogP contribution in [0, 0.1) is 11.3 Å². The molecule has 4 aromatic rings. The van der Waals surface area contributed by atoms with Crippen LogP contribution in [0.15, 0.2) is 97.1 Å². The average molecular weight is 444 g/mol. The Balaban J connectivity index is 1.84. The molecule has 4 aromatic carbocycles. The summed E-state index contributed by atoms with van der Waals surface area (Å²) in [6.45, 7) is 0. The lowest BCUT2D eigenvalue weighted by molar-refractivity contribution is 1.13. The van der Waals surface area contributed by atoms with E-state index < -0.39 is 0 Å². The molecule has 3 nitrogen and oxygen atoms in total. The number of allylic oxidation sites excluding steroid dienone is 1. The van der Waals surface area contributed by atoms with E-state index in [0.717, 1.165) is 44.8 Å². The quantitative estimate of drug-likeness (QED) is 0.233. The zero-order valence-electron chi connectivity index (χ0n) is 20.2. The highest BCUT2D eigenvalue weighted by molar-refractivity contribution is 5.94. The van der Waals surface area contributed by atoms with Crippen molar-refractivity contribution >= 4 is 23.0 Å². The fourth-order valence-electron chi connectivity index (χ4n) is 3.97. The van der Waals surface area contributed by atoms with E-state index in [1.165, 1.54) is 0 Å². The van der Waals surface area contributed by atoms with Crippen molar-refractivity contribution in [3.8, 4) is 28.3 Å². The molecule has 168 valence electrons. The summed E-state index contributed by atoms with van der Waals surface area (Å²) in [7, 11) is 8.17. The van der Waals surface area contributed by atoms with Gasteiger partial charge in [-0.2, -0.15) is 5.26 Å². The minimum Gasteiger partial charge on any atom is -0.378 e. The number of anilines is 2. The number of rotatable bonds is 6. The maximum atomic E-state index is 9.94. The van der Waals surface area contributed by atoms with Gasteiger partial charge in [-0.15, -0.1) is 0 Å². The molecule has 0 unspecified atom stereocenters. The molecular weight excluding hydrogens is 414 g/mol. The van der Waals surface area contributed by atoms with E-state index >= 15 is 0 Å². The van der Waals surface area contributed by atoms with Crippen molar-refractivity contribution in [2.75, 3.05) is 38.0 Å². The van der Waals surface area contributed by atoms with Gasteiger partial charge in [-0.25, -0.2) is 0 Å². The molecule has 0 aliphatic carbocycles. The molecule has 4 rings (SSSR count). The molecule has 0 amide bonds. The first-order valence-corrected chi connectivity index (χ1v) is 11.3. The van der Waals surface area contributed by atoms with Gasteiger partial charge >= 0.3 is 0 Å². The highest BCUT2D eigenvalue weighted by Gasteiger charge is 2.10. The van der Waals surface area contributed by atoms with Crippen LogP contribution in [-0.2, 0) is 0 Å². The van der Waals surface area contributed by atoms with Gasteiger partial charge in [-0.05, 0) is 69.8 Å². The average Bonchev–Trinajstić information content (AvgIpc) is 2.87. The van der Waals surface area contributed by atoms with Gasteiger partial charge < -0.3 is 9.80 Å². The maximum Gasteiger partial charge on any atom is 0.0998 e. The van der Waals surface area contributed by atoms with Crippen LogP contribution in [0.4, 0.5) is 11.4 Å². The van der Waals surface area contributed by atoms with Gasteiger partial charge in [-0.1, -0.05) is 66.7 Å². The van der Waals surface area contributed by atoms with Gasteiger partial charge in [0.2, 0.25) is 0 Å². The lowest BCUT2D eigenvalue weighted by atomic mass is 9.92. The highest BCUT2D eigenvalue weighted by Crippen LogP contribution is 2.33. The minimum absolute atomic E-state index is 0.645. The number of benzene rings is 4. The lowest BCUT2D eigenvalue weighted by Gasteiger charge is -2.15. The predicted molar refractivity (Wildman–Crippen MR) is 146 cm³/mol. The first-order valence-electron chi connectivity index (χ1n) is 11.3. The molecule has 0 aliphatic rings. The summed E-state index contributed by atoms with van der Waals surface area (Å²) < 4.78 is 0. The number of hydrogen-bond donors (Lipinski definition) is 0. The van der Waals surface area contributed by atoms with Gasteiger partial charge in [-0.3, -0.25) is 0 Å². The molecule has 0 atom stereocenters. The molecule has 34 heavy (non-hydrogen) atoms. The Morgan fingerprint density at radius 1 is 0.647 bits per heavy atom.